The molecule has 3 aromatic rings. The number of ether oxygens (including phenoxy) is 1. The molecular formula is C15H13N3O3S. The first-order chi connectivity index (χ1) is 10.6. The topological polar surface area (TPSA) is 73.6 Å². The predicted octanol–water partition coefficient (Wildman–Crippen LogP) is 1.19. The SMILES string of the molecule is CCc1nc2s/c(=C\c3ccc(OC(C)=O)cc3)c(=O)n2n1. The first-order valence-electron chi connectivity index (χ1n) is 6.75. The van der Waals surface area contributed by atoms with Gasteiger partial charge in [0.2, 0.25) is 4.96 Å². The molecule has 0 saturated heterocycles. The Bertz CT molecular complexity index is 941. The van der Waals surface area contributed by atoms with Crippen molar-refractivity contribution < 1.29 is 9.53 Å². The lowest BCUT2D eigenvalue weighted by Gasteiger charge is -2.00. The maximum Gasteiger partial charge on any atom is 0.308 e. The fourth-order valence-electron chi connectivity index (χ4n) is 1.97. The molecule has 6 nitrogen and oxygen atoms in total. The summed E-state index contributed by atoms with van der Waals surface area (Å²) in [6.45, 7) is 3.30. The summed E-state index contributed by atoms with van der Waals surface area (Å²) < 4.78 is 6.87. The monoisotopic (exact) mass is 315 g/mol. The first-order valence-corrected chi connectivity index (χ1v) is 7.57. The second-order valence-electron chi connectivity index (χ2n) is 4.65. The molecule has 1 aromatic carbocycles. The Labute approximate surface area is 129 Å². The number of esters is 1. The van der Waals surface area contributed by atoms with Crippen LogP contribution in [0.25, 0.3) is 11.0 Å². The van der Waals surface area contributed by atoms with Crippen LogP contribution in [-0.4, -0.2) is 20.6 Å². The van der Waals surface area contributed by atoms with Crippen LogP contribution in [0.15, 0.2) is 29.1 Å². The third kappa shape index (κ3) is 2.75. The number of rotatable bonds is 3. The number of fused-ring (bicyclic) bond motifs is 1. The minimum atomic E-state index is -0.365. The van der Waals surface area contributed by atoms with Gasteiger partial charge in [-0.15, -0.1) is 5.10 Å². The van der Waals surface area contributed by atoms with E-state index in [4.69, 9.17) is 4.74 Å². The van der Waals surface area contributed by atoms with Crippen molar-refractivity contribution in [2.75, 3.05) is 0 Å². The van der Waals surface area contributed by atoms with Crippen LogP contribution in [0, 0.1) is 0 Å². The number of hydrogen-bond acceptors (Lipinski definition) is 6. The number of carbonyl (C=O) groups is 1. The van der Waals surface area contributed by atoms with Crippen molar-refractivity contribution in [3.05, 3.63) is 50.5 Å². The van der Waals surface area contributed by atoms with Gasteiger partial charge in [-0.3, -0.25) is 9.59 Å². The molecule has 0 aliphatic carbocycles. The van der Waals surface area contributed by atoms with Gasteiger partial charge in [0.15, 0.2) is 5.82 Å². The molecule has 7 heteroatoms. The summed E-state index contributed by atoms with van der Waals surface area (Å²) in [6, 6.07) is 6.93. The quantitative estimate of drug-likeness (QED) is 0.536. The van der Waals surface area contributed by atoms with Gasteiger partial charge in [-0.1, -0.05) is 30.4 Å². The summed E-state index contributed by atoms with van der Waals surface area (Å²) in [4.78, 5) is 28.0. The van der Waals surface area contributed by atoms with Crippen LogP contribution in [0.2, 0.25) is 0 Å². The normalized spacial score (nSPS) is 12.0. The van der Waals surface area contributed by atoms with Gasteiger partial charge in [-0.25, -0.2) is 4.98 Å². The standard InChI is InChI=1S/C15H13N3O3S/c1-3-13-16-15-18(17-13)14(20)12(22-15)8-10-4-6-11(7-5-10)21-9(2)19/h4-8H,3H2,1-2H3/b12-8-. The Morgan fingerprint density at radius 2 is 2.09 bits per heavy atom. The summed E-state index contributed by atoms with van der Waals surface area (Å²) in [5.74, 6) is 0.777. The minimum absolute atomic E-state index is 0.170. The molecule has 0 fully saturated rings. The molecule has 22 heavy (non-hydrogen) atoms. The number of hydrogen-bond donors (Lipinski definition) is 0. The van der Waals surface area contributed by atoms with Gasteiger partial charge in [-0.05, 0) is 23.8 Å². The summed E-state index contributed by atoms with van der Waals surface area (Å²) in [5, 5.41) is 4.17. The smallest absolute Gasteiger partial charge is 0.308 e. The molecular weight excluding hydrogens is 302 g/mol. The third-order valence-electron chi connectivity index (χ3n) is 2.98. The van der Waals surface area contributed by atoms with E-state index in [0.717, 1.165) is 5.56 Å². The van der Waals surface area contributed by atoms with E-state index < -0.39 is 0 Å². The van der Waals surface area contributed by atoms with E-state index in [1.807, 2.05) is 6.92 Å². The molecule has 2 heterocycles. The lowest BCUT2D eigenvalue weighted by molar-refractivity contribution is -0.131. The van der Waals surface area contributed by atoms with Crippen molar-refractivity contribution in [1.82, 2.24) is 14.6 Å². The Morgan fingerprint density at radius 3 is 2.68 bits per heavy atom. The maximum absolute atomic E-state index is 12.2. The molecule has 0 atom stereocenters. The van der Waals surface area contributed by atoms with E-state index in [1.54, 1.807) is 30.3 Å². The average Bonchev–Trinajstić information content (AvgIpc) is 3.01. The Hall–Kier alpha value is -2.54. The summed E-state index contributed by atoms with van der Waals surface area (Å²) in [7, 11) is 0. The fourth-order valence-corrected chi connectivity index (χ4v) is 2.90. The van der Waals surface area contributed by atoms with Crippen LogP contribution in [0.5, 0.6) is 5.75 Å². The van der Waals surface area contributed by atoms with Crippen LogP contribution >= 0.6 is 11.3 Å². The Balaban J connectivity index is 1.98. The lowest BCUT2D eigenvalue weighted by atomic mass is 10.2. The van der Waals surface area contributed by atoms with E-state index in [9.17, 15) is 9.59 Å². The van der Waals surface area contributed by atoms with Crippen molar-refractivity contribution in [1.29, 1.82) is 0 Å². The van der Waals surface area contributed by atoms with Crippen molar-refractivity contribution in [2.24, 2.45) is 0 Å². The van der Waals surface area contributed by atoms with Crippen LogP contribution in [0.4, 0.5) is 0 Å². The lowest BCUT2D eigenvalue weighted by Crippen LogP contribution is -2.23. The average molecular weight is 315 g/mol. The van der Waals surface area contributed by atoms with Crippen molar-refractivity contribution in [3.8, 4) is 5.75 Å². The highest BCUT2D eigenvalue weighted by Crippen LogP contribution is 2.13. The van der Waals surface area contributed by atoms with E-state index in [0.29, 0.717) is 27.5 Å². The van der Waals surface area contributed by atoms with Crippen molar-refractivity contribution >= 4 is 28.3 Å². The predicted molar refractivity (Wildman–Crippen MR) is 83.0 cm³/mol. The number of nitrogens with zero attached hydrogens (tertiary/aromatic N) is 3. The first kappa shape index (κ1) is 14.4. The molecule has 112 valence electrons. The molecule has 0 spiro atoms. The van der Waals surface area contributed by atoms with Crippen LogP contribution < -0.4 is 14.8 Å². The molecule has 3 rings (SSSR count). The highest BCUT2D eigenvalue weighted by atomic mass is 32.1. The third-order valence-corrected chi connectivity index (χ3v) is 3.94. The maximum atomic E-state index is 12.2. The molecule has 0 saturated carbocycles. The van der Waals surface area contributed by atoms with Crippen LogP contribution in [0.1, 0.15) is 25.2 Å². The summed E-state index contributed by atoms with van der Waals surface area (Å²) >= 11 is 1.31. The largest absolute Gasteiger partial charge is 0.427 e. The van der Waals surface area contributed by atoms with Gasteiger partial charge < -0.3 is 4.74 Å². The summed E-state index contributed by atoms with van der Waals surface area (Å²) in [6.07, 6.45) is 2.47. The molecule has 0 amide bonds. The molecule has 0 N–H and O–H groups in total. The zero-order valence-electron chi connectivity index (χ0n) is 12.1. The molecule has 0 aliphatic rings. The number of thiazole rings is 1. The minimum Gasteiger partial charge on any atom is -0.427 e. The Morgan fingerprint density at radius 1 is 1.36 bits per heavy atom. The zero-order valence-corrected chi connectivity index (χ0v) is 12.9. The van der Waals surface area contributed by atoms with Gasteiger partial charge in [0.05, 0.1) is 4.53 Å². The van der Waals surface area contributed by atoms with Crippen LogP contribution in [-0.2, 0) is 11.2 Å². The molecule has 0 unspecified atom stereocenters. The number of aromatic nitrogens is 3. The Kier molecular flexibility index (Phi) is 3.72. The summed E-state index contributed by atoms with van der Waals surface area (Å²) in [5.41, 5.74) is 0.671. The second kappa shape index (κ2) is 5.69. The van der Waals surface area contributed by atoms with Gasteiger partial charge in [-0.2, -0.15) is 4.52 Å². The molecule has 0 bridgehead atoms. The fraction of sp³-hybridized carbons (Fsp3) is 0.200. The van der Waals surface area contributed by atoms with Gasteiger partial charge in [0.25, 0.3) is 5.56 Å². The van der Waals surface area contributed by atoms with E-state index >= 15 is 0 Å². The molecule has 0 radical (unpaired) electrons. The van der Waals surface area contributed by atoms with E-state index in [2.05, 4.69) is 10.1 Å². The second-order valence-corrected chi connectivity index (χ2v) is 5.66. The number of benzene rings is 1. The number of aryl methyl sites for hydroxylation is 1. The van der Waals surface area contributed by atoms with Crippen molar-refractivity contribution in [2.45, 2.75) is 20.3 Å². The van der Waals surface area contributed by atoms with Crippen molar-refractivity contribution in [3.63, 3.8) is 0 Å². The van der Waals surface area contributed by atoms with E-state index in [1.165, 1.54) is 22.8 Å². The highest BCUT2D eigenvalue weighted by molar-refractivity contribution is 7.15. The van der Waals surface area contributed by atoms with Gasteiger partial charge in [0.1, 0.15) is 5.75 Å². The highest BCUT2D eigenvalue weighted by Gasteiger charge is 2.09. The van der Waals surface area contributed by atoms with Crippen LogP contribution in [0.3, 0.4) is 0 Å². The van der Waals surface area contributed by atoms with E-state index in [-0.39, 0.29) is 11.5 Å². The molecule has 2 aromatic heterocycles. The number of carbonyl (C=O) groups excluding carboxylic acids is 1. The zero-order chi connectivity index (χ0) is 15.7. The van der Waals surface area contributed by atoms with Gasteiger partial charge >= 0.3 is 5.97 Å². The van der Waals surface area contributed by atoms with Gasteiger partial charge in [0, 0.05) is 13.3 Å². The molecule has 0 aliphatic heterocycles.